The molecule has 1 amide bonds. The van der Waals surface area contributed by atoms with Crippen molar-refractivity contribution in [2.75, 3.05) is 0 Å². The van der Waals surface area contributed by atoms with Crippen molar-refractivity contribution in [1.29, 1.82) is 0 Å². The summed E-state index contributed by atoms with van der Waals surface area (Å²) in [5, 5.41) is 11.1. The summed E-state index contributed by atoms with van der Waals surface area (Å²) in [5.74, 6) is -0.341. The quantitative estimate of drug-likeness (QED) is 0.618. The number of carbonyl (C=O) groups excluding carboxylic acids is 1. The number of nitrogens with zero attached hydrogens (tertiary/aromatic N) is 5. The first-order chi connectivity index (χ1) is 14.4. The maximum Gasteiger partial charge on any atom is 0.408 e. The van der Waals surface area contributed by atoms with E-state index in [9.17, 15) is 22.8 Å². The number of aromatic nitrogens is 5. The highest BCUT2D eigenvalue weighted by molar-refractivity contribution is 6.31. The van der Waals surface area contributed by atoms with Crippen LogP contribution in [0.5, 0.6) is 0 Å². The van der Waals surface area contributed by atoms with Gasteiger partial charge in [0.1, 0.15) is 13.1 Å². The van der Waals surface area contributed by atoms with Crippen molar-refractivity contribution in [3.8, 4) is 11.4 Å². The van der Waals surface area contributed by atoms with Crippen LogP contribution in [-0.2, 0) is 24.9 Å². The minimum Gasteiger partial charge on any atom is -0.348 e. The van der Waals surface area contributed by atoms with E-state index in [2.05, 4.69) is 15.5 Å². The fraction of sp³-hybridized carbons (Fsp3) is 0.368. The van der Waals surface area contributed by atoms with Gasteiger partial charge in [-0.15, -0.1) is 5.10 Å². The number of hydrogen-bond acceptors (Lipinski definition) is 4. The third kappa shape index (κ3) is 5.35. The van der Waals surface area contributed by atoms with E-state index in [0.29, 0.717) is 9.70 Å². The fourth-order valence-corrected chi connectivity index (χ4v) is 3.15. The first-order valence-electron chi connectivity index (χ1n) is 9.23. The molecule has 0 saturated heterocycles. The summed E-state index contributed by atoms with van der Waals surface area (Å²) in [4.78, 5) is 24.9. The molecular formula is C19H20ClF3N6O2. The van der Waals surface area contributed by atoms with E-state index >= 15 is 0 Å². The summed E-state index contributed by atoms with van der Waals surface area (Å²) < 4.78 is 40.4. The van der Waals surface area contributed by atoms with Crippen LogP contribution in [0.2, 0.25) is 5.02 Å². The molecule has 0 spiro atoms. The number of benzene rings is 1. The van der Waals surface area contributed by atoms with Crippen LogP contribution in [0.3, 0.4) is 0 Å². The molecule has 3 aromatic rings. The molecule has 166 valence electrons. The van der Waals surface area contributed by atoms with E-state index in [0.717, 1.165) is 26.6 Å². The SMILES string of the molecule is Cc1cc([C@H](C)NC(=O)Cn2nc(-c3cnn(CC(F)(F)F)c3)n(C)c2=O)ccc1Cl. The number of alkyl halides is 3. The molecule has 3 rings (SSSR count). The lowest BCUT2D eigenvalue weighted by Crippen LogP contribution is -2.34. The molecule has 1 N–H and O–H groups in total. The summed E-state index contributed by atoms with van der Waals surface area (Å²) in [6.07, 6.45) is -2.10. The summed E-state index contributed by atoms with van der Waals surface area (Å²) in [6, 6.07) is 5.06. The van der Waals surface area contributed by atoms with Gasteiger partial charge in [0.2, 0.25) is 5.91 Å². The zero-order valence-corrected chi connectivity index (χ0v) is 17.7. The molecule has 0 aliphatic heterocycles. The van der Waals surface area contributed by atoms with Gasteiger partial charge in [0.05, 0.1) is 17.8 Å². The fourth-order valence-electron chi connectivity index (χ4n) is 3.04. The van der Waals surface area contributed by atoms with Crippen LogP contribution >= 0.6 is 11.6 Å². The van der Waals surface area contributed by atoms with E-state index in [-0.39, 0.29) is 24.0 Å². The number of amides is 1. The molecule has 0 aliphatic carbocycles. The van der Waals surface area contributed by atoms with Gasteiger partial charge in [0, 0.05) is 18.3 Å². The standard InChI is InChI=1S/C19H20ClF3N6O2/c1-11-6-13(4-5-15(11)20)12(2)25-16(30)9-29-18(31)27(3)17(26-29)14-7-24-28(8-14)10-19(21,22)23/h4-8,12H,9-10H2,1-3H3,(H,25,30)/t12-/m0/s1. The highest BCUT2D eigenvalue weighted by atomic mass is 35.5. The average molecular weight is 457 g/mol. The lowest BCUT2D eigenvalue weighted by atomic mass is 10.1. The van der Waals surface area contributed by atoms with Crippen molar-refractivity contribution in [1.82, 2.24) is 29.4 Å². The Kier molecular flexibility index (Phi) is 6.25. The summed E-state index contributed by atoms with van der Waals surface area (Å²) >= 11 is 6.02. The number of carbonyl (C=O) groups is 1. The largest absolute Gasteiger partial charge is 0.408 e. The third-order valence-corrected chi connectivity index (χ3v) is 5.05. The molecule has 8 nitrogen and oxygen atoms in total. The van der Waals surface area contributed by atoms with Crippen molar-refractivity contribution in [3.05, 3.63) is 57.2 Å². The molecule has 2 aromatic heterocycles. The van der Waals surface area contributed by atoms with E-state index in [1.165, 1.54) is 13.2 Å². The van der Waals surface area contributed by atoms with Crippen molar-refractivity contribution < 1.29 is 18.0 Å². The predicted molar refractivity (Wildman–Crippen MR) is 107 cm³/mol. The van der Waals surface area contributed by atoms with Gasteiger partial charge in [-0.3, -0.25) is 14.0 Å². The Morgan fingerprint density at radius 3 is 2.68 bits per heavy atom. The van der Waals surface area contributed by atoms with Crippen LogP contribution < -0.4 is 11.0 Å². The Morgan fingerprint density at radius 2 is 2.03 bits per heavy atom. The Hall–Kier alpha value is -3.08. The number of rotatable bonds is 6. The molecule has 1 atom stereocenters. The monoisotopic (exact) mass is 456 g/mol. The van der Waals surface area contributed by atoms with Gasteiger partial charge >= 0.3 is 11.9 Å². The molecule has 0 radical (unpaired) electrons. The summed E-state index contributed by atoms with van der Waals surface area (Å²) in [5.41, 5.74) is 1.37. The molecule has 0 bridgehead atoms. The highest BCUT2D eigenvalue weighted by Gasteiger charge is 2.28. The molecule has 0 saturated carbocycles. The van der Waals surface area contributed by atoms with E-state index in [4.69, 9.17) is 11.6 Å². The Labute approximate surface area is 180 Å². The van der Waals surface area contributed by atoms with Crippen molar-refractivity contribution in [2.24, 2.45) is 7.05 Å². The van der Waals surface area contributed by atoms with Crippen LogP contribution in [0.4, 0.5) is 13.2 Å². The highest BCUT2D eigenvalue weighted by Crippen LogP contribution is 2.21. The Balaban J connectivity index is 1.73. The minimum absolute atomic E-state index is 0.104. The van der Waals surface area contributed by atoms with Gasteiger partial charge in [0.15, 0.2) is 5.82 Å². The normalized spacial score (nSPS) is 12.7. The first-order valence-corrected chi connectivity index (χ1v) is 9.61. The molecule has 12 heteroatoms. The zero-order valence-electron chi connectivity index (χ0n) is 16.9. The summed E-state index contributed by atoms with van der Waals surface area (Å²) in [6.45, 7) is 2.04. The van der Waals surface area contributed by atoms with Gasteiger partial charge in [-0.05, 0) is 31.0 Å². The van der Waals surface area contributed by atoms with Gasteiger partial charge < -0.3 is 5.32 Å². The second kappa shape index (κ2) is 8.58. The molecule has 0 aliphatic rings. The number of aryl methyl sites for hydroxylation is 1. The maximum absolute atomic E-state index is 12.5. The first kappa shape index (κ1) is 22.6. The molecule has 2 heterocycles. The minimum atomic E-state index is -4.42. The molecule has 0 unspecified atom stereocenters. The number of halogens is 4. The van der Waals surface area contributed by atoms with E-state index < -0.39 is 24.3 Å². The van der Waals surface area contributed by atoms with Crippen molar-refractivity contribution >= 4 is 17.5 Å². The van der Waals surface area contributed by atoms with Gasteiger partial charge in [-0.1, -0.05) is 23.7 Å². The predicted octanol–water partition coefficient (Wildman–Crippen LogP) is 2.85. The topological polar surface area (TPSA) is 86.7 Å². The maximum atomic E-state index is 12.5. The lowest BCUT2D eigenvalue weighted by molar-refractivity contribution is -0.142. The smallest absolute Gasteiger partial charge is 0.348 e. The van der Waals surface area contributed by atoms with Crippen molar-refractivity contribution in [3.63, 3.8) is 0 Å². The zero-order chi connectivity index (χ0) is 22.9. The van der Waals surface area contributed by atoms with Gasteiger partial charge in [-0.25, -0.2) is 9.48 Å². The Bertz CT molecular complexity index is 1160. The summed E-state index contributed by atoms with van der Waals surface area (Å²) in [7, 11) is 1.42. The van der Waals surface area contributed by atoms with Gasteiger partial charge in [-0.2, -0.15) is 18.3 Å². The van der Waals surface area contributed by atoms with E-state index in [1.54, 1.807) is 19.1 Å². The van der Waals surface area contributed by atoms with Crippen LogP contribution in [0.25, 0.3) is 11.4 Å². The van der Waals surface area contributed by atoms with E-state index in [1.807, 2.05) is 13.0 Å². The second-order valence-electron chi connectivity index (χ2n) is 7.16. The molecule has 31 heavy (non-hydrogen) atoms. The van der Waals surface area contributed by atoms with Gasteiger partial charge in [0.25, 0.3) is 0 Å². The number of nitrogens with one attached hydrogen (secondary N) is 1. The average Bonchev–Trinajstić information content (AvgIpc) is 3.22. The Morgan fingerprint density at radius 1 is 1.32 bits per heavy atom. The van der Waals surface area contributed by atoms with Crippen LogP contribution in [0.1, 0.15) is 24.1 Å². The molecule has 0 fully saturated rings. The van der Waals surface area contributed by atoms with Crippen molar-refractivity contribution in [2.45, 2.75) is 39.2 Å². The second-order valence-corrected chi connectivity index (χ2v) is 7.57. The lowest BCUT2D eigenvalue weighted by Gasteiger charge is -2.15. The molecule has 1 aromatic carbocycles. The van der Waals surface area contributed by atoms with Crippen LogP contribution in [0.15, 0.2) is 35.4 Å². The van der Waals surface area contributed by atoms with Crippen LogP contribution in [0, 0.1) is 6.92 Å². The molecular weight excluding hydrogens is 437 g/mol. The number of hydrogen-bond donors (Lipinski definition) is 1. The third-order valence-electron chi connectivity index (χ3n) is 4.63. The van der Waals surface area contributed by atoms with Crippen LogP contribution in [-0.4, -0.2) is 36.2 Å².